The summed E-state index contributed by atoms with van der Waals surface area (Å²) in [5.41, 5.74) is 5.90. The van der Waals surface area contributed by atoms with Crippen LogP contribution in [0.5, 0.6) is 11.5 Å². The first-order valence-electron chi connectivity index (χ1n) is 4.68. The van der Waals surface area contributed by atoms with Crippen molar-refractivity contribution in [1.29, 1.82) is 0 Å². The second-order valence-corrected chi connectivity index (χ2v) is 3.50. The highest BCUT2D eigenvalue weighted by atomic mass is 32.1. The topological polar surface area (TPSA) is 56.5 Å². The van der Waals surface area contributed by atoms with E-state index in [9.17, 15) is 8.78 Å². The Labute approximate surface area is 103 Å². The summed E-state index contributed by atoms with van der Waals surface area (Å²) in [7, 11) is 1.41. The fourth-order valence-corrected chi connectivity index (χ4v) is 1.28. The molecule has 0 saturated heterocycles. The quantitative estimate of drug-likeness (QED) is 0.795. The average Bonchev–Trinajstić information content (AvgIpc) is 2.26. The summed E-state index contributed by atoms with van der Waals surface area (Å²) >= 11 is 4.67. The molecule has 0 aliphatic heterocycles. The molecule has 7 heteroatoms. The van der Waals surface area contributed by atoms with E-state index in [1.54, 1.807) is 12.1 Å². The number of benzene rings is 1. The molecule has 1 aromatic carbocycles. The van der Waals surface area contributed by atoms with Gasteiger partial charge in [0.2, 0.25) is 0 Å². The molecule has 0 saturated carbocycles. The summed E-state index contributed by atoms with van der Waals surface area (Å²) in [6.07, 6.45) is -2.53. The summed E-state index contributed by atoms with van der Waals surface area (Å²) in [6, 6.07) is 4.66. The number of ether oxygens (including phenoxy) is 2. The summed E-state index contributed by atoms with van der Waals surface area (Å²) in [6.45, 7) is -0.682. The van der Waals surface area contributed by atoms with Gasteiger partial charge in [0.25, 0.3) is 6.43 Å². The Morgan fingerprint density at radius 3 is 2.71 bits per heavy atom. The number of nitrogens with one attached hydrogen (secondary N) is 1. The first kappa shape index (κ1) is 13.4. The Kier molecular flexibility index (Phi) is 4.89. The van der Waals surface area contributed by atoms with Crippen LogP contribution in [0.15, 0.2) is 18.2 Å². The SMILES string of the molecule is COc1cc(NC(N)=S)ccc1OCC(F)F. The van der Waals surface area contributed by atoms with Crippen molar-refractivity contribution in [2.75, 3.05) is 19.0 Å². The van der Waals surface area contributed by atoms with Gasteiger partial charge >= 0.3 is 0 Å². The van der Waals surface area contributed by atoms with Crippen molar-refractivity contribution in [2.24, 2.45) is 5.73 Å². The Bertz CT molecular complexity index is 402. The van der Waals surface area contributed by atoms with Crippen LogP contribution >= 0.6 is 12.2 Å². The number of thiocarbonyl (C=S) groups is 1. The Morgan fingerprint density at radius 1 is 1.47 bits per heavy atom. The molecule has 0 aliphatic carbocycles. The molecule has 1 rings (SSSR count). The van der Waals surface area contributed by atoms with Crippen LogP contribution in [0.25, 0.3) is 0 Å². The van der Waals surface area contributed by atoms with Gasteiger partial charge in [-0.2, -0.15) is 0 Å². The smallest absolute Gasteiger partial charge is 0.272 e. The molecule has 0 fully saturated rings. The normalized spacial score (nSPS) is 10.1. The van der Waals surface area contributed by atoms with Gasteiger partial charge in [0.1, 0.15) is 6.61 Å². The van der Waals surface area contributed by atoms with Gasteiger partial charge in [0, 0.05) is 11.8 Å². The molecule has 0 radical (unpaired) electrons. The number of alkyl halides is 2. The van der Waals surface area contributed by atoms with Gasteiger partial charge < -0.3 is 20.5 Å². The lowest BCUT2D eigenvalue weighted by Crippen LogP contribution is -2.18. The summed E-state index contributed by atoms with van der Waals surface area (Å²) in [4.78, 5) is 0. The maximum absolute atomic E-state index is 12.0. The predicted molar refractivity (Wildman–Crippen MR) is 64.9 cm³/mol. The summed E-state index contributed by atoms with van der Waals surface area (Å²) in [5.74, 6) is 0.563. The van der Waals surface area contributed by atoms with Crippen molar-refractivity contribution in [3.05, 3.63) is 18.2 Å². The van der Waals surface area contributed by atoms with E-state index in [1.807, 2.05) is 0 Å². The van der Waals surface area contributed by atoms with Crippen LogP contribution in [0.3, 0.4) is 0 Å². The minimum absolute atomic E-state index is 0.105. The van der Waals surface area contributed by atoms with Crippen LogP contribution < -0.4 is 20.5 Å². The van der Waals surface area contributed by atoms with Gasteiger partial charge in [-0.3, -0.25) is 0 Å². The van der Waals surface area contributed by atoms with E-state index < -0.39 is 13.0 Å². The molecule has 0 aliphatic rings. The van der Waals surface area contributed by atoms with Crippen LogP contribution in [0.4, 0.5) is 14.5 Å². The van der Waals surface area contributed by atoms with Gasteiger partial charge in [0.15, 0.2) is 16.6 Å². The van der Waals surface area contributed by atoms with Crippen LogP contribution in [-0.4, -0.2) is 25.3 Å². The number of hydrogen-bond acceptors (Lipinski definition) is 3. The van der Waals surface area contributed by atoms with Gasteiger partial charge in [-0.1, -0.05) is 0 Å². The Morgan fingerprint density at radius 2 is 2.18 bits per heavy atom. The van der Waals surface area contributed by atoms with Crippen LogP contribution in [-0.2, 0) is 0 Å². The third kappa shape index (κ3) is 4.39. The maximum atomic E-state index is 12.0. The first-order valence-corrected chi connectivity index (χ1v) is 5.09. The Balaban J connectivity index is 2.81. The van der Waals surface area contributed by atoms with Crippen LogP contribution in [0.2, 0.25) is 0 Å². The number of halogens is 2. The van der Waals surface area contributed by atoms with Gasteiger partial charge in [-0.25, -0.2) is 8.78 Å². The van der Waals surface area contributed by atoms with E-state index in [1.165, 1.54) is 13.2 Å². The molecule has 0 amide bonds. The lowest BCUT2D eigenvalue weighted by molar-refractivity contribution is 0.0804. The second kappa shape index (κ2) is 6.19. The van der Waals surface area contributed by atoms with Crippen LogP contribution in [0.1, 0.15) is 0 Å². The van der Waals surface area contributed by atoms with Gasteiger partial charge in [0.05, 0.1) is 7.11 Å². The van der Waals surface area contributed by atoms with E-state index >= 15 is 0 Å². The van der Waals surface area contributed by atoms with Gasteiger partial charge in [-0.05, 0) is 24.4 Å². The van der Waals surface area contributed by atoms with E-state index in [0.29, 0.717) is 11.4 Å². The number of rotatable bonds is 5. The largest absolute Gasteiger partial charge is 0.493 e. The molecule has 17 heavy (non-hydrogen) atoms. The fraction of sp³-hybridized carbons (Fsp3) is 0.300. The van der Waals surface area contributed by atoms with Gasteiger partial charge in [-0.15, -0.1) is 0 Å². The highest BCUT2D eigenvalue weighted by Crippen LogP contribution is 2.30. The number of methoxy groups -OCH3 is 1. The summed E-state index contributed by atoms with van der Waals surface area (Å²) in [5, 5.41) is 2.80. The molecular weight excluding hydrogens is 250 g/mol. The van der Waals surface area contributed by atoms with E-state index in [0.717, 1.165) is 0 Å². The molecule has 94 valence electrons. The second-order valence-electron chi connectivity index (χ2n) is 3.06. The van der Waals surface area contributed by atoms with Crippen molar-refractivity contribution in [3.63, 3.8) is 0 Å². The minimum atomic E-state index is -2.53. The lowest BCUT2D eigenvalue weighted by Gasteiger charge is -2.12. The van der Waals surface area contributed by atoms with E-state index in [2.05, 4.69) is 17.5 Å². The first-order chi connectivity index (χ1) is 8.02. The monoisotopic (exact) mass is 262 g/mol. The maximum Gasteiger partial charge on any atom is 0.272 e. The zero-order valence-corrected chi connectivity index (χ0v) is 9.89. The fourth-order valence-electron chi connectivity index (χ4n) is 1.16. The molecule has 0 heterocycles. The molecule has 0 atom stereocenters. The standard InChI is InChI=1S/C10H12F2N2O2S/c1-15-8-4-6(14-10(13)17)2-3-7(8)16-5-9(11)12/h2-4,9H,5H2,1H3,(H3,13,14,17). The van der Waals surface area contributed by atoms with Crippen molar-refractivity contribution < 1.29 is 18.3 Å². The highest BCUT2D eigenvalue weighted by Gasteiger charge is 2.09. The Hall–Kier alpha value is -1.63. The van der Waals surface area contributed by atoms with Crippen LogP contribution in [0, 0.1) is 0 Å². The molecule has 3 N–H and O–H groups in total. The number of nitrogens with two attached hydrogens (primary N) is 1. The van der Waals surface area contributed by atoms with Crippen molar-refractivity contribution in [2.45, 2.75) is 6.43 Å². The predicted octanol–water partition coefficient (Wildman–Crippen LogP) is 1.99. The average molecular weight is 262 g/mol. The molecule has 0 bridgehead atoms. The summed E-state index contributed by atoms with van der Waals surface area (Å²) < 4.78 is 33.9. The van der Waals surface area contributed by atoms with E-state index in [4.69, 9.17) is 15.2 Å². The zero-order valence-electron chi connectivity index (χ0n) is 9.07. The molecular formula is C10H12F2N2O2S. The van der Waals surface area contributed by atoms with Crippen molar-refractivity contribution in [3.8, 4) is 11.5 Å². The zero-order chi connectivity index (χ0) is 12.8. The van der Waals surface area contributed by atoms with E-state index in [-0.39, 0.29) is 10.9 Å². The molecule has 0 spiro atoms. The third-order valence-electron chi connectivity index (χ3n) is 1.80. The van der Waals surface area contributed by atoms with Crippen molar-refractivity contribution in [1.82, 2.24) is 0 Å². The highest BCUT2D eigenvalue weighted by molar-refractivity contribution is 7.80. The molecule has 0 aromatic heterocycles. The number of anilines is 1. The third-order valence-corrected chi connectivity index (χ3v) is 1.90. The molecule has 4 nitrogen and oxygen atoms in total. The minimum Gasteiger partial charge on any atom is -0.493 e. The molecule has 1 aromatic rings. The lowest BCUT2D eigenvalue weighted by atomic mass is 10.3. The number of hydrogen-bond donors (Lipinski definition) is 2. The molecule has 0 unspecified atom stereocenters. The van der Waals surface area contributed by atoms with Crippen molar-refractivity contribution >= 4 is 23.0 Å².